The van der Waals surface area contributed by atoms with Gasteiger partial charge >= 0.3 is 41.8 Å². The lowest BCUT2D eigenvalue weighted by Crippen LogP contribution is -2.35. The van der Waals surface area contributed by atoms with Gasteiger partial charge in [-0.15, -0.1) is 41.2 Å². The van der Waals surface area contributed by atoms with E-state index in [-0.39, 0.29) is 163 Å². The van der Waals surface area contributed by atoms with Gasteiger partial charge in [-0.3, -0.25) is 33.6 Å². The van der Waals surface area contributed by atoms with Gasteiger partial charge in [0.2, 0.25) is 0 Å². The first kappa shape index (κ1) is 90.9. The van der Waals surface area contributed by atoms with Gasteiger partial charge in [0.05, 0.1) is 195 Å². The molecule has 0 N–H and O–H groups in total. The van der Waals surface area contributed by atoms with E-state index in [1.54, 1.807) is 43.4 Å². The predicted molar refractivity (Wildman–Crippen MR) is 389 cm³/mol. The van der Waals surface area contributed by atoms with Crippen LogP contribution in [0.3, 0.4) is 0 Å². The highest BCUT2D eigenvalue weighted by Crippen LogP contribution is 2.35. The molecule has 114 heavy (non-hydrogen) atoms. The highest BCUT2D eigenvalue weighted by Gasteiger charge is 2.34. The van der Waals surface area contributed by atoms with Crippen LogP contribution in [-0.2, 0) is 201 Å². The molecule has 0 spiro atoms. The fourth-order valence-electron chi connectivity index (χ4n) is 10.3. The van der Waals surface area contributed by atoms with Crippen molar-refractivity contribution in [3.05, 3.63) is 83.2 Å². The molecule has 0 saturated carbocycles. The number of rotatable bonds is 52. The first-order valence-electron chi connectivity index (χ1n) is 36.2. The van der Waals surface area contributed by atoms with Gasteiger partial charge in [0.1, 0.15) is 103 Å². The van der Waals surface area contributed by atoms with Crippen molar-refractivity contribution in [3.63, 3.8) is 0 Å². The largest absolute Gasteiger partial charge is 0.458 e. The second-order valence-electron chi connectivity index (χ2n) is 27.9. The smallest absolute Gasteiger partial charge is 0.303 e. The maximum absolute atomic E-state index is 12.2. The number of aromatic nitrogens is 21. The summed E-state index contributed by atoms with van der Waals surface area (Å²) >= 11 is 0. The van der Waals surface area contributed by atoms with Crippen LogP contribution in [0.2, 0.25) is 18.1 Å². The first-order chi connectivity index (χ1) is 54.0. The van der Waals surface area contributed by atoms with E-state index >= 15 is 0 Å². The SMILES string of the molecule is C.CC(=O)O[C@@H](COCC#C[Si](C)(C)C(C)(C)C)Cn1cc(COC[C@@H](Cn2cc(COC[C@@H](Cn3cc(COC[C@@H](Cn4cc(COC[C@@H](Cn5cc(COC[C@@H](Cn6cc(COC[C@@H](Cn7cc(COC[C@H]8CO8)nn7)OC(C)=O)nn6)OC(C)=O)nn5)OC(C)=O)nn4)OC(C)=O)nn3)OC(C)=O)nn2)OC(C)=O)nn1. The minimum atomic E-state index is -1.80. The molecular weight excluding hydrogens is 1520 g/mol. The molecule has 1 saturated heterocycles. The summed E-state index contributed by atoms with van der Waals surface area (Å²) in [4.78, 5) is 84.5. The zero-order valence-corrected chi connectivity index (χ0v) is 66.4. The highest BCUT2D eigenvalue weighted by atomic mass is 28.3. The molecule has 1 aliphatic heterocycles. The molecule has 1 fully saturated rings. The van der Waals surface area contributed by atoms with Gasteiger partial charge in [-0.1, -0.05) is 83.7 Å². The number of epoxide rings is 1. The molecule has 0 radical (unpaired) electrons. The monoisotopic (exact) mass is 1620 g/mol. The highest BCUT2D eigenvalue weighted by molar-refractivity contribution is 6.87. The molecule has 1 aliphatic rings. The van der Waals surface area contributed by atoms with Crippen LogP contribution in [0.1, 0.15) is 117 Å². The first-order valence-corrected chi connectivity index (χ1v) is 39.2. The molecule has 7 aromatic rings. The lowest BCUT2D eigenvalue weighted by Gasteiger charge is -2.31. The molecule has 0 bridgehead atoms. The van der Waals surface area contributed by atoms with E-state index in [1.807, 2.05) is 0 Å². The number of carbonyl (C=O) groups is 7. The molecular formula is C69H103N21O23Si. The predicted octanol–water partition coefficient (Wildman–Crippen LogP) is 1.27. The molecule has 7 aromatic heterocycles. The van der Waals surface area contributed by atoms with Crippen LogP contribution >= 0.6 is 0 Å². The Morgan fingerprint density at radius 3 is 0.746 bits per heavy atom. The molecule has 45 heteroatoms. The molecule has 8 heterocycles. The zero-order chi connectivity index (χ0) is 81.3. The second-order valence-corrected chi connectivity index (χ2v) is 32.9. The van der Waals surface area contributed by atoms with E-state index in [2.05, 4.69) is 118 Å². The molecule has 0 amide bonds. The Balaban J connectivity index is 0.0000180. The Hall–Kier alpha value is -10.3. The number of nitrogens with zero attached hydrogens (tertiary/aromatic N) is 21. The van der Waals surface area contributed by atoms with Crippen molar-refractivity contribution < 1.29 is 109 Å². The van der Waals surface area contributed by atoms with Crippen LogP contribution < -0.4 is 0 Å². The Bertz CT molecular complexity index is 4190. The van der Waals surface area contributed by atoms with Crippen LogP contribution in [0.15, 0.2) is 43.4 Å². The Morgan fingerprint density at radius 1 is 0.368 bits per heavy atom. The van der Waals surface area contributed by atoms with E-state index in [9.17, 15) is 33.6 Å². The molecule has 626 valence electrons. The average molecular weight is 1620 g/mol. The summed E-state index contributed by atoms with van der Waals surface area (Å²) in [5.41, 5.74) is 6.62. The number of carbonyl (C=O) groups excluding carboxylic acids is 7. The lowest BCUT2D eigenvalue weighted by molar-refractivity contribution is -0.151. The van der Waals surface area contributed by atoms with Gasteiger partial charge < -0.3 is 75.8 Å². The topological polar surface area (TPSA) is 485 Å². The van der Waals surface area contributed by atoms with Gasteiger partial charge in [0, 0.05) is 48.5 Å². The number of esters is 7. The molecule has 44 nitrogen and oxygen atoms in total. The Morgan fingerprint density at radius 2 is 0.561 bits per heavy atom. The third kappa shape index (κ3) is 35.0. The fourth-order valence-corrected chi connectivity index (χ4v) is 11.2. The summed E-state index contributed by atoms with van der Waals surface area (Å²) in [6.07, 6.45) is 6.23. The van der Waals surface area contributed by atoms with E-state index < -0.39 is 92.6 Å². The Kier molecular flexibility index (Phi) is 36.8. The van der Waals surface area contributed by atoms with Crippen LogP contribution in [0.4, 0.5) is 0 Å². The minimum Gasteiger partial charge on any atom is -0.458 e. The van der Waals surface area contributed by atoms with Crippen molar-refractivity contribution in [1.82, 2.24) is 105 Å². The van der Waals surface area contributed by atoms with Gasteiger partial charge in [-0.25, -0.2) is 32.8 Å². The maximum atomic E-state index is 12.2. The quantitative estimate of drug-likeness (QED) is 0.0129. The number of hydrogen-bond donors (Lipinski definition) is 0. The fraction of sp³-hybridized carbons (Fsp3) is 0.667. The molecule has 8 rings (SSSR count). The van der Waals surface area contributed by atoms with Crippen molar-refractivity contribution in [2.24, 2.45) is 0 Å². The summed E-state index contributed by atoms with van der Waals surface area (Å²) in [5, 5.41) is 58.2. The van der Waals surface area contributed by atoms with Crippen molar-refractivity contribution in [2.45, 2.75) is 236 Å². The third-order valence-electron chi connectivity index (χ3n) is 16.2. The van der Waals surface area contributed by atoms with Crippen LogP contribution in [0.25, 0.3) is 0 Å². The van der Waals surface area contributed by atoms with E-state index in [0.717, 1.165) is 0 Å². The van der Waals surface area contributed by atoms with Crippen LogP contribution in [-0.4, -0.2) is 270 Å². The van der Waals surface area contributed by atoms with Gasteiger partial charge in [0.25, 0.3) is 0 Å². The lowest BCUT2D eigenvalue weighted by atomic mass is 10.2. The number of hydrogen-bond acceptors (Lipinski definition) is 37. The molecule has 0 aliphatic carbocycles. The standard InChI is InChI=1S/C68H99N21O23Si.CH4/c1-46(90)106-60(37-97-14-13-15-113(11,12)68(8,9)10)23-83-16-53(69-76-83)30-98-38-61(107-47(2)91)24-84-17-54(70-77-84)31-99-39-62(108-48(3)92)25-85-18-55(71-78-85)32-100-40-63(109-49(4)93)26-86-19-56(72-79-86)33-101-41-64(110-50(5)94)27-87-20-57(73-80-87)34-102-42-65(111-51(6)95)28-88-21-58(74-81-88)35-103-43-66(112-52(7)96)29-89-22-59(75-82-89)36-104-44-67-45-105-67;/h16-22,60-67H,14,23-45H2,1-12H3;1H4/t60-,61-,62-,63-,64-,65-,66-,67+;/m1./s1. The summed E-state index contributed by atoms with van der Waals surface area (Å²) in [7, 11) is -1.80. The van der Waals surface area contributed by atoms with Crippen LogP contribution in [0, 0.1) is 11.5 Å². The Labute approximate surface area is 658 Å². The third-order valence-corrected chi connectivity index (χ3v) is 20.7. The molecule has 0 aromatic carbocycles. The number of ether oxygens (including phenoxy) is 16. The van der Waals surface area contributed by atoms with Gasteiger partial charge in [0.15, 0.2) is 0 Å². The van der Waals surface area contributed by atoms with Crippen molar-refractivity contribution >= 4 is 49.9 Å². The van der Waals surface area contributed by atoms with Gasteiger partial charge in [-0.05, 0) is 5.04 Å². The normalized spacial score (nSPS) is 14.6. The summed E-state index contributed by atoms with van der Waals surface area (Å²) in [6.45, 7) is 22.1. The summed E-state index contributed by atoms with van der Waals surface area (Å²) in [5.74, 6) is -0.584. The van der Waals surface area contributed by atoms with E-state index in [1.165, 1.54) is 81.2 Å². The zero-order valence-electron chi connectivity index (χ0n) is 65.4. The minimum absolute atomic E-state index is 0. The van der Waals surface area contributed by atoms with Crippen molar-refractivity contribution in [1.29, 1.82) is 0 Å². The van der Waals surface area contributed by atoms with E-state index in [4.69, 9.17) is 75.8 Å². The average Bonchev–Trinajstić information content (AvgIpc) is 1.54. The molecule has 8 atom stereocenters. The maximum Gasteiger partial charge on any atom is 0.303 e. The molecule has 0 unspecified atom stereocenters. The van der Waals surface area contributed by atoms with Crippen molar-refractivity contribution in [3.8, 4) is 11.5 Å². The summed E-state index contributed by atoms with van der Waals surface area (Å²) < 4.78 is 101. The van der Waals surface area contributed by atoms with E-state index in [0.29, 0.717) is 53.1 Å². The summed E-state index contributed by atoms with van der Waals surface area (Å²) in [6, 6.07) is 0. The van der Waals surface area contributed by atoms with Gasteiger partial charge in [-0.2, -0.15) is 0 Å². The van der Waals surface area contributed by atoms with Crippen molar-refractivity contribution in [2.75, 3.05) is 66.1 Å². The second kappa shape index (κ2) is 46.1. The van der Waals surface area contributed by atoms with Crippen LogP contribution in [0.5, 0.6) is 0 Å².